The summed E-state index contributed by atoms with van der Waals surface area (Å²) in [6.07, 6.45) is -0.214. The summed E-state index contributed by atoms with van der Waals surface area (Å²) in [4.78, 5) is 15.5. The molecular formula is C21H22N4O5S. The molecule has 0 saturated heterocycles. The van der Waals surface area contributed by atoms with Crippen LogP contribution in [0.5, 0.6) is 0 Å². The fourth-order valence-electron chi connectivity index (χ4n) is 3.95. The highest BCUT2D eigenvalue weighted by atomic mass is 32.1. The Balaban J connectivity index is 1.81. The van der Waals surface area contributed by atoms with Crippen molar-refractivity contribution >= 4 is 43.9 Å². The smallest absolute Gasteiger partial charge is 0.217 e. The summed E-state index contributed by atoms with van der Waals surface area (Å²) in [6, 6.07) is 2.47. The highest BCUT2D eigenvalue weighted by Crippen LogP contribution is 2.38. The minimum Gasteiger partial charge on any atom is -0.490 e. The Labute approximate surface area is 182 Å². The molecule has 0 aliphatic carbocycles. The zero-order chi connectivity index (χ0) is 22.3. The molecule has 1 aliphatic heterocycles. The van der Waals surface area contributed by atoms with Crippen LogP contribution >= 0.6 is 11.3 Å². The van der Waals surface area contributed by atoms with Gasteiger partial charge in [0.1, 0.15) is 18.3 Å². The number of fused-ring (bicyclic) bond motifs is 3. The lowest BCUT2D eigenvalue weighted by Gasteiger charge is -2.40. The molecule has 0 saturated carbocycles. The molecule has 4 N–H and O–H groups in total. The van der Waals surface area contributed by atoms with E-state index < -0.39 is 37.0 Å². The fourth-order valence-corrected chi connectivity index (χ4v) is 4.94. The van der Waals surface area contributed by atoms with Crippen molar-refractivity contribution in [3.63, 3.8) is 0 Å². The van der Waals surface area contributed by atoms with Crippen LogP contribution in [0.15, 0.2) is 35.5 Å². The molecule has 10 heteroatoms. The second-order valence-corrected chi connectivity index (χ2v) is 8.41. The second-order valence-electron chi connectivity index (χ2n) is 7.53. The molecule has 3 aromatic rings. The van der Waals surface area contributed by atoms with Crippen molar-refractivity contribution < 1.29 is 24.9 Å². The van der Waals surface area contributed by atoms with Crippen LogP contribution in [0.4, 0.5) is 5.69 Å². The Hall–Kier alpha value is -2.97. The number of nitrogens with one attached hydrogen (secondary N) is 1. The minimum atomic E-state index is -1.43. The summed E-state index contributed by atoms with van der Waals surface area (Å²) in [5.74, 6) is 0.165. The molecule has 0 bridgehead atoms. The first kappa shape index (κ1) is 21.3. The van der Waals surface area contributed by atoms with E-state index in [0.29, 0.717) is 11.4 Å². The number of allylic oxidation sites excluding steroid dienone is 1. The zero-order valence-electron chi connectivity index (χ0n) is 16.9. The van der Waals surface area contributed by atoms with Crippen LogP contribution in [-0.4, -0.2) is 62.0 Å². The molecule has 5 atom stereocenters. The fraction of sp³-hybridized carbons (Fsp3) is 0.381. The van der Waals surface area contributed by atoms with Gasteiger partial charge in [0.05, 0.1) is 36.5 Å². The highest BCUT2D eigenvalue weighted by Gasteiger charge is 2.42. The monoisotopic (exact) mass is 442 g/mol. The number of aliphatic hydroxyl groups excluding tert-OH is 3. The molecule has 4 rings (SSSR count). The third kappa shape index (κ3) is 3.77. The normalized spacial score (nSPS) is 23.1. The second kappa shape index (κ2) is 8.28. The zero-order valence-corrected chi connectivity index (χ0v) is 17.7. The van der Waals surface area contributed by atoms with Crippen LogP contribution in [-0.2, 0) is 9.53 Å². The third-order valence-electron chi connectivity index (χ3n) is 5.39. The van der Waals surface area contributed by atoms with Crippen molar-refractivity contribution in [1.82, 2.24) is 15.1 Å². The number of aromatic nitrogens is 2. The molecule has 2 aromatic heterocycles. The summed E-state index contributed by atoms with van der Waals surface area (Å²) in [7, 11) is 0. The van der Waals surface area contributed by atoms with Crippen LogP contribution in [0, 0.1) is 6.57 Å². The molecule has 0 spiro atoms. The molecule has 9 nitrogen and oxygen atoms in total. The van der Waals surface area contributed by atoms with E-state index in [1.165, 1.54) is 18.3 Å². The first-order chi connectivity index (χ1) is 14.8. The Kier molecular flexibility index (Phi) is 5.68. The Morgan fingerprint density at radius 3 is 2.87 bits per heavy atom. The lowest BCUT2D eigenvalue weighted by atomic mass is 9.92. The van der Waals surface area contributed by atoms with Crippen LogP contribution < -0.4 is 5.32 Å². The number of rotatable bonds is 5. The molecule has 162 valence electrons. The number of benzene rings is 1. The quantitative estimate of drug-likeness (QED) is 0.448. The Morgan fingerprint density at radius 2 is 2.19 bits per heavy atom. The van der Waals surface area contributed by atoms with E-state index in [0.717, 1.165) is 21.0 Å². The number of carbonyl (C=O) groups is 1. The first-order valence-corrected chi connectivity index (χ1v) is 10.6. The standard InChI is InChI=1S/C21H22N4O5S/c1-10-6-16(18(23-11(2)27)20(30-10)19(29)17(28)8-26)25-7-13-14(24-25)5-4-12-15(22-3)9-31-21(12)13/h4-7,9,16-20,26,28-29H,8H2,1-2H3,(H,23,27)/t16-,17+,18+,19+,20+/m0/s1. The molecule has 3 heterocycles. The van der Waals surface area contributed by atoms with E-state index in [4.69, 9.17) is 11.3 Å². The van der Waals surface area contributed by atoms with Gasteiger partial charge in [-0.3, -0.25) is 9.48 Å². The van der Waals surface area contributed by atoms with Gasteiger partial charge in [-0.1, -0.05) is 6.07 Å². The van der Waals surface area contributed by atoms with Crippen LogP contribution in [0.3, 0.4) is 0 Å². The predicted molar refractivity (Wildman–Crippen MR) is 116 cm³/mol. The van der Waals surface area contributed by atoms with E-state index in [-0.39, 0.29) is 5.91 Å². The molecule has 31 heavy (non-hydrogen) atoms. The molecule has 1 amide bonds. The van der Waals surface area contributed by atoms with E-state index >= 15 is 0 Å². The van der Waals surface area contributed by atoms with E-state index in [9.17, 15) is 20.1 Å². The van der Waals surface area contributed by atoms with Crippen molar-refractivity contribution in [2.45, 2.75) is 44.2 Å². The third-order valence-corrected chi connectivity index (χ3v) is 6.40. The van der Waals surface area contributed by atoms with Gasteiger partial charge in [0.15, 0.2) is 0 Å². The topological polar surface area (TPSA) is 121 Å². The largest absolute Gasteiger partial charge is 0.490 e. The highest BCUT2D eigenvalue weighted by molar-refractivity contribution is 7.18. The van der Waals surface area contributed by atoms with Crippen LogP contribution in [0.1, 0.15) is 19.9 Å². The molecule has 1 aliphatic rings. The minimum absolute atomic E-state index is 0.332. The van der Waals surface area contributed by atoms with Crippen molar-refractivity contribution in [2.24, 2.45) is 0 Å². The number of ether oxygens (including phenoxy) is 1. The first-order valence-electron chi connectivity index (χ1n) is 9.69. The number of aliphatic hydroxyl groups is 3. The van der Waals surface area contributed by atoms with Gasteiger partial charge < -0.3 is 25.4 Å². The molecular weight excluding hydrogens is 420 g/mol. The van der Waals surface area contributed by atoms with Crippen molar-refractivity contribution in [2.75, 3.05) is 6.61 Å². The maximum atomic E-state index is 11.9. The summed E-state index contributed by atoms with van der Waals surface area (Å²) in [6.45, 7) is 9.75. The van der Waals surface area contributed by atoms with E-state index in [1.807, 2.05) is 23.7 Å². The van der Waals surface area contributed by atoms with E-state index in [1.54, 1.807) is 17.7 Å². The van der Waals surface area contributed by atoms with Crippen molar-refractivity contribution in [3.8, 4) is 0 Å². The molecule has 1 aromatic carbocycles. The van der Waals surface area contributed by atoms with Gasteiger partial charge in [-0.05, 0) is 29.8 Å². The van der Waals surface area contributed by atoms with Gasteiger partial charge in [-0.15, -0.1) is 0 Å². The maximum Gasteiger partial charge on any atom is 0.217 e. The van der Waals surface area contributed by atoms with Crippen molar-refractivity contribution in [3.05, 3.63) is 47.0 Å². The lowest BCUT2D eigenvalue weighted by Crippen LogP contribution is -2.57. The summed E-state index contributed by atoms with van der Waals surface area (Å²) < 4.78 is 8.39. The van der Waals surface area contributed by atoms with Gasteiger partial charge >= 0.3 is 0 Å². The summed E-state index contributed by atoms with van der Waals surface area (Å²) >= 11 is 1.47. The number of nitrogens with zero attached hydrogens (tertiary/aromatic N) is 3. The van der Waals surface area contributed by atoms with Gasteiger partial charge in [0, 0.05) is 23.2 Å². The number of amides is 1. The van der Waals surface area contributed by atoms with Crippen molar-refractivity contribution in [1.29, 1.82) is 0 Å². The van der Waals surface area contributed by atoms with Crippen LogP contribution in [0.2, 0.25) is 0 Å². The van der Waals surface area contributed by atoms with Gasteiger partial charge in [-0.25, -0.2) is 4.85 Å². The molecule has 0 fully saturated rings. The van der Waals surface area contributed by atoms with Gasteiger partial charge in [0.25, 0.3) is 0 Å². The van der Waals surface area contributed by atoms with Crippen LogP contribution in [0.25, 0.3) is 25.8 Å². The number of thiophene rings is 1. The molecule has 0 unspecified atom stereocenters. The average molecular weight is 442 g/mol. The van der Waals surface area contributed by atoms with Gasteiger partial charge in [0.2, 0.25) is 11.6 Å². The summed E-state index contributed by atoms with van der Waals surface area (Å²) in [5, 5.41) is 40.8. The SMILES string of the molecule is [C-]#[N+]c1csc2c1ccc1nn([C@H]3C=C(C)O[C@@H]([C@H](O)[C@H](O)CO)[C@@H]3NC(C)=O)cc12. The number of carbonyl (C=O) groups excluding carboxylic acids is 1. The Morgan fingerprint density at radius 1 is 1.42 bits per heavy atom. The lowest BCUT2D eigenvalue weighted by molar-refractivity contribution is -0.127. The number of hydrogen-bond donors (Lipinski definition) is 4. The molecule has 0 radical (unpaired) electrons. The van der Waals surface area contributed by atoms with Gasteiger partial charge in [-0.2, -0.15) is 16.4 Å². The number of hydrogen-bond acceptors (Lipinski definition) is 7. The Bertz CT molecular complexity index is 1210. The maximum absolute atomic E-state index is 11.9. The average Bonchev–Trinajstić information content (AvgIpc) is 3.36. The summed E-state index contributed by atoms with van der Waals surface area (Å²) in [5.41, 5.74) is 1.33. The predicted octanol–water partition coefficient (Wildman–Crippen LogP) is 1.86. The van der Waals surface area contributed by atoms with E-state index in [2.05, 4.69) is 15.3 Å².